The summed E-state index contributed by atoms with van der Waals surface area (Å²) < 4.78 is 0. The standard InChI is InChI=1S/C18H18N2O3/c21-17(22)11-12-5-8-14(9-6-12)19-18(23)16-10-7-13-3-1-2-4-15(13)20-16/h1-4,7,10-11,14H,5-6,8-9H2,(H,19,23)(H,21,22). The third-order valence-corrected chi connectivity index (χ3v) is 4.12. The molecule has 1 aromatic heterocycles. The number of pyridine rings is 1. The van der Waals surface area contributed by atoms with E-state index in [4.69, 9.17) is 5.11 Å². The lowest BCUT2D eigenvalue weighted by Gasteiger charge is -2.24. The molecule has 1 fully saturated rings. The molecule has 5 heteroatoms. The number of aliphatic carboxylic acids is 1. The normalized spacial score (nSPS) is 17.7. The number of benzene rings is 1. The number of para-hydroxylation sites is 1. The molecule has 0 bridgehead atoms. The smallest absolute Gasteiger partial charge is 0.328 e. The summed E-state index contributed by atoms with van der Waals surface area (Å²) in [6.45, 7) is 0. The molecule has 118 valence electrons. The summed E-state index contributed by atoms with van der Waals surface area (Å²) in [4.78, 5) is 27.4. The molecule has 1 heterocycles. The highest BCUT2D eigenvalue weighted by Gasteiger charge is 2.20. The first-order valence-electron chi connectivity index (χ1n) is 7.71. The summed E-state index contributed by atoms with van der Waals surface area (Å²) in [6, 6.07) is 11.4. The van der Waals surface area contributed by atoms with E-state index in [0.29, 0.717) is 18.5 Å². The van der Waals surface area contributed by atoms with Gasteiger partial charge in [0.2, 0.25) is 0 Å². The van der Waals surface area contributed by atoms with Gasteiger partial charge in [-0.25, -0.2) is 9.78 Å². The van der Waals surface area contributed by atoms with Crippen LogP contribution in [0.25, 0.3) is 10.9 Å². The Bertz CT molecular complexity index is 773. The molecule has 0 radical (unpaired) electrons. The van der Waals surface area contributed by atoms with E-state index in [9.17, 15) is 9.59 Å². The second-order valence-electron chi connectivity index (χ2n) is 5.78. The van der Waals surface area contributed by atoms with Gasteiger partial charge in [-0.3, -0.25) is 4.79 Å². The number of nitrogens with zero attached hydrogens (tertiary/aromatic N) is 1. The molecule has 0 atom stereocenters. The van der Waals surface area contributed by atoms with Crippen LogP contribution in [0.4, 0.5) is 0 Å². The quantitative estimate of drug-likeness (QED) is 0.854. The van der Waals surface area contributed by atoms with Gasteiger partial charge in [0.15, 0.2) is 0 Å². The summed E-state index contributed by atoms with van der Waals surface area (Å²) in [5.41, 5.74) is 2.15. The number of hydrogen-bond donors (Lipinski definition) is 2. The number of aromatic nitrogens is 1. The molecule has 2 N–H and O–H groups in total. The Balaban J connectivity index is 1.64. The highest BCUT2D eigenvalue weighted by molar-refractivity contribution is 5.95. The van der Waals surface area contributed by atoms with Crippen molar-refractivity contribution in [2.75, 3.05) is 0 Å². The van der Waals surface area contributed by atoms with Crippen molar-refractivity contribution >= 4 is 22.8 Å². The van der Waals surface area contributed by atoms with Gasteiger partial charge in [-0.05, 0) is 37.8 Å². The summed E-state index contributed by atoms with van der Waals surface area (Å²) >= 11 is 0. The lowest BCUT2D eigenvalue weighted by atomic mass is 9.90. The van der Waals surface area contributed by atoms with Crippen molar-refractivity contribution in [3.05, 3.63) is 53.7 Å². The fourth-order valence-electron chi connectivity index (χ4n) is 2.90. The maximum atomic E-state index is 12.3. The molecule has 0 aliphatic heterocycles. The fraction of sp³-hybridized carbons (Fsp3) is 0.278. The van der Waals surface area contributed by atoms with Gasteiger partial charge < -0.3 is 10.4 Å². The molecule has 5 nitrogen and oxygen atoms in total. The molecule has 0 unspecified atom stereocenters. The van der Waals surface area contributed by atoms with Crippen LogP contribution < -0.4 is 5.32 Å². The number of nitrogens with one attached hydrogen (secondary N) is 1. The van der Waals surface area contributed by atoms with Crippen LogP contribution in [0.2, 0.25) is 0 Å². The average Bonchev–Trinajstić information content (AvgIpc) is 2.55. The Morgan fingerprint density at radius 3 is 2.61 bits per heavy atom. The highest BCUT2D eigenvalue weighted by atomic mass is 16.4. The van der Waals surface area contributed by atoms with Gasteiger partial charge in [0.25, 0.3) is 5.91 Å². The Morgan fingerprint density at radius 2 is 1.87 bits per heavy atom. The van der Waals surface area contributed by atoms with Crippen LogP contribution in [0.15, 0.2) is 48.0 Å². The maximum Gasteiger partial charge on any atom is 0.328 e. The van der Waals surface area contributed by atoms with Crippen LogP contribution in [0.5, 0.6) is 0 Å². The monoisotopic (exact) mass is 310 g/mol. The van der Waals surface area contributed by atoms with E-state index in [-0.39, 0.29) is 11.9 Å². The van der Waals surface area contributed by atoms with E-state index in [0.717, 1.165) is 29.3 Å². The van der Waals surface area contributed by atoms with Crippen LogP contribution in [0.3, 0.4) is 0 Å². The molecule has 1 aliphatic rings. The van der Waals surface area contributed by atoms with Crippen LogP contribution in [-0.2, 0) is 4.79 Å². The predicted octanol–water partition coefficient (Wildman–Crippen LogP) is 2.92. The van der Waals surface area contributed by atoms with Crippen molar-refractivity contribution in [1.29, 1.82) is 0 Å². The Kier molecular flexibility index (Phi) is 4.37. The molecule has 2 aromatic rings. The minimum atomic E-state index is -0.900. The van der Waals surface area contributed by atoms with Gasteiger partial charge in [0.1, 0.15) is 5.69 Å². The third kappa shape index (κ3) is 3.74. The molecule has 1 aromatic carbocycles. The van der Waals surface area contributed by atoms with E-state index in [1.54, 1.807) is 6.07 Å². The Hall–Kier alpha value is -2.69. The zero-order valence-corrected chi connectivity index (χ0v) is 12.7. The molecule has 1 aliphatic carbocycles. The first-order chi connectivity index (χ1) is 11.1. The first-order valence-corrected chi connectivity index (χ1v) is 7.71. The second-order valence-corrected chi connectivity index (χ2v) is 5.78. The van der Waals surface area contributed by atoms with E-state index in [2.05, 4.69) is 10.3 Å². The molecule has 0 saturated heterocycles. The number of carboxylic acid groups (broad SMARTS) is 1. The van der Waals surface area contributed by atoms with Crippen molar-refractivity contribution in [3.63, 3.8) is 0 Å². The molecule has 23 heavy (non-hydrogen) atoms. The number of allylic oxidation sites excluding steroid dienone is 1. The van der Waals surface area contributed by atoms with Gasteiger partial charge in [-0.2, -0.15) is 0 Å². The summed E-state index contributed by atoms with van der Waals surface area (Å²) in [5, 5.41) is 12.8. The van der Waals surface area contributed by atoms with Crippen molar-refractivity contribution < 1.29 is 14.7 Å². The SMILES string of the molecule is O=C(O)C=C1CCC(NC(=O)c2ccc3ccccc3n2)CC1. The number of carboxylic acids is 1. The molecule has 0 spiro atoms. The Morgan fingerprint density at radius 1 is 1.13 bits per heavy atom. The lowest BCUT2D eigenvalue weighted by molar-refractivity contribution is -0.131. The Labute approximate surface area is 134 Å². The molecular weight excluding hydrogens is 292 g/mol. The minimum absolute atomic E-state index is 0.0710. The summed E-state index contributed by atoms with van der Waals surface area (Å²) in [5.74, 6) is -1.07. The fourth-order valence-corrected chi connectivity index (χ4v) is 2.90. The predicted molar refractivity (Wildman–Crippen MR) is 87.2 cm³/mol. The largest absolute Gasteiger partial charge is 0.478 e. The first kappa shape index (κ1) is 15.2. The van der Waals surface area contributed by atoms with Crippen LogP contribution >= 0.6 is 0 Å². The minimum Gasteiger partial charge on any atom is -0.478 e. The number of hydrogen-bond acceptors (Lipinski definition) is 3. The van der Waals surface area contributed by atoms with E-state index in [1.807, 2.05) is 30.3 Å². The van der Waals surface area contributed by atoms with Crippen molar-refractivity contribution in [3.8, 4) is 0 Å². The van der Waals surface area contributed by atoms with E-state index < -0.39 is 5.97 Å². The van der Waals surface area contributed by atoms with E-state index in [1.165, 1.54) is 6.08 Å². The number of amides is 1. The van der Waals surface area contributed by atoms with Crippen molar-refractivity contribution in [2.45, 2.75) is 31.7 Å². The lowest BCUT2D eigenvalue weighted by Crippen LogP contribution is -2.37. The molecule has 1 saturated carbocycles. The number of fused-ring (bicyclic) bond motifs is 1. The zero-order valence-electron chi connectivity index (χ0n) is 12.7. The number of rotatable bonds is 3. The third-order valence-electron chi connectivity index (χ3n) is 4.12. The van der Waals surface area contributed by atoms with Crippen molar-refractivity contribution in [1.82, 2.24) is 10.3 Å². The molecule has 1 amide bonds. The van der Waals surface area contributed by atoms with Gasteiger partial charge in [0.05, 0.1) is 5.52 Å². The molecule has 3 rings (SSSR count). The number of carbonyl (C=O) groups excluding carboxylic acids is 1. The van der Waals surface area contributed by atoms with Crippen LogP contribution in [0, 0.1) is 0 Å². The van der Waals surface area contributed by atoms with Crippen molar-refractivity contribution in [2.24, 2.45) is 0 Å². The highest BCUT2D eigenvalue weighted by Crippen LogP contribution is 2.23. The average molecular weight is 310 g/mol. The zero-order chi connectivity index (χ0) is 16.2. The summed E-state index contributed by atoms with van der Waals surface area (Å²) in [7, 11) is 0. The van der Waals surface area contributed by atoms with Gasteiger partial charge in [-0.1, -0.05) is 29.8 Å². The van der Waals surface area contributed by atoms with Gasteiger partial charge >= 0.3 is 5.97 Å². The van der Waals surface area contributed by atoms with Crippen LogP contribution in [-0.4, -0.2) is 28.0 Å². The van der Waals surface area contributed by atoms with Gasteiger partial charge in [0, 0.05) is 17.5 Å². The maximum absolute atomic E-state index is 12.3. The number of carbonyl (C=O) groups is 2. The second kappa shape index (κ2) is 6.60. The van der Waals surface area contributed by atoms with E-state index >= 15 is 0 Å². The summed E-state index contributed by atoms with van der Waals surface area (Å²) in [6.07, 6.45) is 4.23. The molecular formula is C18H18N2O3. The van der Waals surface area contributed by atoms with Crippen LogP contribution in [0.1, 0.15) is 36.2 Å². The topological polar surface area (TPSA) is 79.3 Å². The van der Waals surface area contributed by atoms with Gasteiger partial charge in [-0.15, -0.1) is 0 Å².